The van der Waals surface area contributed by atoms with Crippen molar-refractivity contribution in [3.05, 3.63) is 65.7 Å². The molecule has 1 unspecified atom stereocenters. The smallest absolute Gasteiger partial charge is 0.335 e. The summed E-state index contributed by atoms with van der Waals surface area (Å²) in [5.41, 5.74) is 0.309. The molecule has 1 amide bonds. The summed E-state index contributed by atoms with van der Waals surface area (Å²) >= 11 is 2.15. The van der Waals surface area contributed by atoms with Crippen molar-refractivity contribution < 1.29 is 24.2 Å². The Balaban J connectivity index is 0.00000176. The highest BCUT2D eigenvalue weighted by Crippen LogP contribution is 2.27. The van der Waals surface area contributed by atoms with Gasteiger partial charge >= 0.3 is 5.97 Å². The SMILES string of the molecule is CI.C[C@H](NC(=O)C1(N(C)CCOc2ccccc2)CCOC1)c1ccc(C(=O)O)cc1. The molecule has 1 aliphatic rings. The van der Waals surface area contributed by atoms with Crippen molar-refractivity contribution in [2.75, 3.05) is 38.3 Å². The van der Waals surface area contributed by atoms with Gasteiger partial charge in [0, 0.05) is 19.6 Å². The third-order valence-electron chi connectivity index (χ3n) is 5.60. The van der Waals surface area contributed by atoms with E-state index in [0.29, 0.717) is 32.8 Å². The molecule has 174 valence electrons. The van der Waals surface area contributed by atoms with E-state index in [1.54, 1.807) is 24.3 Å². The molecule has 8 heteroatoms. The topological polar surface area (TPSA) is 88.1 Å². The van der Waals surface area contributed by atoms with Crippen LogP contribution in [-0.2, 0) is 9.53 Å². The molecule has 0 aromatic heterocycles. The number of carboxylic acids is 1. The average Bonchev–Trinajstić information content (AvgIpc) is 3.32. The van der Waals surface area contributed by atoms with Gasteiger partial charge in [0.05, 0.1) is 18.2 Å². The van der Waals surface area contributed by atoms with Crippen LogP contribution in [0.2, 0.25) is 0 Å². The van der Waals surface area contributed by atoms with Gasteiger partial charge in [-0.15, -0.1) is 0 Å². The fraction of sp³-hybridized carbons (Fsp3) is 0.417. The molecule has 7 nitrogen and oxygen atoms in total. The van der Waals surface area contributed by atoms with E-state index in [2.05, 4.69) is 27.9 Å². The van der Waals surface area contributed by atoms with Gasteiger partial charge in [-0.1, -0.05) is 52.9 Å². The van der Waals surface area contributed by atoms with Crippen molar-refractivity contribution in [1.82, 2.24) is 10.2 Å². The van der Waals surface area contributed by atoms with Gasteiger partial charge in [-0.2, -0.15) is 0 Å². The Bertz CT molecular complexity index is 854. The Morgan fingerprint density at radius 1 is 1.19 bits per heavy atom. The van der Waals surface area contributed by atoms with E-state index in [9.17, 15) is 9.59 Å². The van der Waals surface area contributed by atoms with Crippen LogP contribution in [0, 0.1) is 0 Å². The molecule has 32 heavy (non-hydrogen) atoms. The third kappa shape index (κ3) is 6.66. The Hall–Kier alpha value is -2.17. The van der Waals surface area contributed by atoms with Crippen LogP contribution >= 0.6 is 22.6 Å². The highest BCUT2D eigenvalue weighted by molar-refractivity contribution is 14.1. The fourth-order valence-electron chi connectivity index (χ4n) is 3.57. The monoisotopic (exact) mass is 554 g/mol. The molecule has 1 heterocycles. The standard InChI is InChI=1S/C23H28N2O5.CH3I/c1-17(18-8-10-19(11-9-18)21(26)27)24-22(28)23(12-14-29-16-23)25(2)13-15-30-20-6-4-3-5-7-20;1-2/h3-11,17H,12-16H2,1-2H3,(H,24,28)(H,26,27);1H3/t17-,23?;/m0./s1. The van der Waals surface area contributed by atoms with Crippen LogP contribution in [0.1, 0.15) is 35.3 Å². The number of carboxylic acid groups (broad SMARTS) is 1. The molecule has 0 saturated carbocycles. The third-order valence-corrected chi connectivity index (χ3v) is 5.60. The van der Waals surface area contributed by atoms with Crippen LogP contribution in [0.5, 0.6) is 5.75 Å². The van der Waals surface area contributed by atoms with E-state index in [0.717, 1.165) is 11.3 Å². The number of ether oxygens (including phenoxy) is 2. The second-order valence-electron chi connectivity index (χ2n) is 7.54. The molecule has 1 aliphatic heterocycles. The van der Waals surface area contributed by atoms with E-state index in [1.165, 1.54) is 0 Å². The highest BCUT2D eigenvalue weighted by Gasteiger charge is 2.46. The van der Waals surface area contributed by atoms with Crippen LogP contribution in [0.3, 0.4) is 0 Å². The number of hydrogen-bond acceptors (Lipinski definition) is 5. The number of halogens is 1. The molecule has 3 rings (SSSR count). The van der Waals surface area contributed by atoms with Crippen LogP contribution in [0.25, 0.3) is 0 Å². The first-order chi connectivity index (χ1) is 15.4. The van der Waals surface area contributed by atoms with Crippen LogP contribution in [-0.4, -0.2) is 65.8 Å². The number of nitrogens with one attached hydrogen (secondary N) is 1. The molecular weight excluding hydrogens is 523 g/mol. The lowest BCUT2D eigenvalue weighted by atomic mass is 9.94. The molecule has 2 aromatic rings. The number of likely N-dealkylation sites (N-methyl/N-ethyl adjacent to an activating group) is 1. The zero-order chi connectivity index (χ0) is 23.6. The predicted molar refractivity (Wildman–Crippen MR) is 133 cm³/mol. The van der Waals surface area contributed by atoms with Crippen molar-refractivity contribution in [3.63, 3.8) is 0 Å². The number of benzene rings is 2. The minimum absolute atomic E-state index is 0.1000. The Morgan fingerprint density at radius 3 is 2.41 bits per heavy atom. The summed E-state index contributed by atoms with van der Waals surface area (Å²) in [7, 11) is 1.91. The zero-order valence-corrected chi connectivity index (χ0v) is 20.9. The summed E-state index contributed by atoms with van der Waals surface area (Å²) < 4.78 is 11.4. The Morgan fingerprint density at radius 2 is 1.84 bits per heavy atom. The van der Waals surface area contributed by atoms with E-state index in [1.807, 2.05) is 54.1 Å². The number of carbonyl (C=O) groups excluding carboxylic acids is 1. The van der Waals surface area contributed by atoms with Gasteiger partial charge in [0.25, 0.3) is 0 Å². The lowest BCUT2D eigenvalue weighted by molar-refractivity contribution is -0.134. The first kappa shape index (κ1) is 26.1. The Labute approximate surface area is 203 Å². The number of para-hydroxylation sites is 1. The summed E-state index contributed by atoms with van der Waals surface area (Å²) in [6.07, 6.45) is 0.603. The number of carbonyl (C=O) groups is 2. The van der Waals surface area contributed by atoms with Crippen molar-refractivity contribution >= 4 is 34.5 Å². The molecule has 0 bridgehead atoms. The first-order valence-corrected chi connectivity index (χ1v) is 12.6. The molecule has 0 aliphatic carbocycles. The summed E-state index contributed by atoms with van der Waals surface area (Å²) in [5, 5.41) is 12.1. The van der Waals surface area contributed by atoms with Gasteiger partial charge in [0.2, 0.25) is 5.91 Å². The lowest BCUT2D eigenvalue weighted by Gasteiger charge is -2.36. The largest absolute Gasteiger partial charge is 0.492 e. The molecule has 0 radical (unpaired) electrons. The number of nitrogens with zero attached hydrogens (tertiary/aromatic N) is 1. The second-order valence-corrected chi connectivity index (χ2v) is 7.54. The van der Waals surface area contributed by atoms with Crippen molar-refractivity contribution in [2.45, 2.75) is 24.9 Å². The summed E-state index contributed by atoms with van der Waals surface area (Å²) in [5.74, 6) is -0.276. The van der Waals surface area contributed by atoms with Crippen molar-refractivity contribution in [2.24, 2.45) is 0 Å². The minimum atomic E-state index is -0.973. The van der Waals surface area contributed by atoms with Gasteiger partial charge in [-0.05, 0) is 48.7 Å². The van der Waals surface area contributed by atoms with Gasteiger partial charge in [-0.3, -0.25) is 9.69 Å². The van der Waals surface area contributed by atoms with Crippen molar-refractivity contribution in [1.29, 1.82) is 0 Å². The van der Waals surface area contributed by atoms with Crippen LogP contribution in [0.4, 0.5) is 0 Å². The van der Waals surface area contributed by atoms with Crippen LogP contribution in [0.15, 0.2) is 54.6 Å². The molecular formula is C24H31IN2O5. The lowest BCUT2D eigenvalue weighted by Crippen LogP contribution is -2.59. The maximum Gasteiger partial charge on any atom is 0.335 e. The number of alkyl halides is 1. The fourth-order valence-corrected chi connectivity index (χ4v) is 3.57. The molecule has 2 N–H and O–H groups in total. The molecule has 2 aromatic carbocycles. The summed E-state index contributed by atoms with van der Waals surface area (Å²) in [6.45, 7) is 3.77. The average molecular weight is 554 g/mol. The van der Waals surface area contributed by atoms with E-state index in [-0.39, 0.29) is 17.5 Å². The van der Waals surface area contributed by atoms with E-state index >= 15 is 0 Å². The summed E-state index contributed by atoms with van der Waals surface area (Å²) in [6, 6.07) is 15.9. The van der Waals surface area contributed by atoms with Gasteiger partial charge in [-0.25, -0.2) is 4.79 Å². The quantitative estimate of drug-likeness (QED) is 0.363. The van der Waals surface area contributed by atoms with Crippen LogP contribution < -0.4 is 10.1 Å². The maximum atomic E-state index is 13.2. The number of aromatic carboxylic acids is 1. The van der Waals surface area contributed by atoms with E-state index in [4.69, 9.17) is 14.6 Å². The Kier molecular flexibility index (Phi) is 10.4. The number of hydrogen-bond donors (Lipinski definition) is 2. The molecule has 1 saturated heterocycles. The minimum Gasteiger partial charge on any atom is -0.492 e. The predicted octanol–water partition coefficient (Wildman–Crippen LogP) is 3.78. The zero-order valence-electron chi connectivity index (χ0n) is 18.7. The number of amides is 1. The summed E-state index contributed by atoms with van der Waals surface area (Å²) in [4.78, 5) is 28.2. The van der Waals surface area contributed by atoms with Crippen molar-refractivity contribution in [3.8, 4) is 5.75 Å². The molecule has 1 fully saturated rings. The normalized spacial score (nSPS) is 18.4. The van der Waals surface area contributed by atoms with Gasteiger partial charge < -0.3 is 19.9 Å². The molecule has 2 atom stereocenters. The van der Waals surface area contributed by atoms with Gasteiger partial charge in [0.1, 0.15) is 17.9 Å². The maximum absolute atomic E-state index is 13.2. The van der Waals surface area contributed by atoms with E-state index < -0.39 is 11.5 Å². The highest BCUT2D eigenvalue weighted by atomic mass is 127. The second kappa shape index (κ2) is 12.8. The van der Waals surface area contributed by atoms with Gasteiger partial charge in [0.15, 0.2) is 0 Å². The number of rotatable bonds is 9. The molecule has 0 spiro atoms. The first-order valence-electron chi connectivity index (χ1n) is 10.4.